The smallest absolute Gasteiger partial charge is 0.407 e. The van der Waals surface area contributed by atoms with E-state index in [2.05, 4.69) is 24.0 Å². The highest BCUT2D eigenvalue weighted by atomic mass is 16.5. The molecule has 2 aromatic carbocycles. The van der Waals surface area contributed by atoms with Crippen LogP contribution in [0.25, 0.3) is 11.1 Å². The first kappa shape index (κ1) is 22.6. The molecule has 1 aliphatic heterocycles. The molecule has 2 atom stereocenters. The molecule has 1 aliphatic carbocycles. The minimum Gasteiger partial charge on any atom is -0.481 e. The van der Waals surface area contributed by atoms with Crippen LogP contribution < -0.4 is 5.32 Å². The molecular weight excluding hydrogens is 420 g/mol. The lowest BCUT2D eigenvalue weighted by Gasteiger charge is -2.28. The van der Waals surface area contributed by atoms with Crippen LogP contribution in [0.1, 0.15) is 42.7 Å². The Morgan fingerprint density at radius 1 is 1.12 bits per heavy atom. The summed E-state index contributed by atoms with van der Waals surface area (Å²) in [6.45, 7) is 4.32. The summed E-state index contributed by atoms with van der Waals surface area (Å²) in [6.07, 6.45) is 2.41. The van der Waals surface area contributed by atoms with E-state index < -0.39 is 18.1 Å². The average molecular weight is 449 g/mol. The number of ether oxygens (including phenoxy) is 1. The molecule has 2 amide bonds. The molecule has 2 aliphatic rings. The van der Waals surface area contributed by atoms with Crippen LogP contribution in [-0.2, 0) is 14.3 Å². The van der Waals surface area contributed by atoms with E-state index >= 15 is 0 Å². The first-order valence-electron chi connectivity index (χ1n) is 11.2. The molecule has 1 fully saturated rings. The summed E-state index contributed by atoms with van der Waals surface area (Å²) >= 11 is 0. The molecule has 1 saturated heterocycles. The second-order valence-electron chi connectivity index (χ2n) is 8.47. The molecule has 0 bridgehead atoms. The number of carboxylic acid groups (broad SMARTS) is 1. The highest BCUT2D eigenvalue weighted by Gasteiger charge is 2.35. The van der Waals surface area contributed by atoms with Crippen LogP contribution in [0, 0.1) is 0 Å². The molecule has 0 spiro atoms. The molecule has 7 nitrogen and oxygen atoms in total. The molecule has 2 aromatic rings. The standard InChI is InChI=1S/C26H28N2O5/c1-2-8-23(25(31)28-14-7-9-17(28)15-24(29)30)27-26(32)33-16-22-20-12-5-3-10-18(20)19-11-4-6-13-21(19)22/h2-6,10-13,17,22-23H,1,7-9,14-16H2,(H,27,32)(H,29,30). The maximum absolute atomic E-state index is 13.1. The highest BCUT2D eigenvalue weighted by molar-refractivity contribution is 5.87. The normalized spacial score (nSPS) is 17.7. The minimum atomic E-state index is -0.940. The van der Waals surface area contributed by atoms with Gasteiger partial charge in [-0.2, -0.15) is 0 Å². The zero-order valence-corrected chi connectivity index (χ0v) is 18.4. The van der Waals surface area contributed by atoms with Crippen molar-refractivity contribution < 1.29 is 24.2 Å². The van der Waals surface area contributed by atoms with Crippen molar-refractivity contribution in [1.29, 1.82) is 0 Å². The van der Waals surface area contributed by atoms with Gasteiger partial charge in [0.1, 0.15) is 12.6 Å². The SMILES string of the molecule is C=CCC(NC(=O)OCC1c2ccccc2-c2ccccc21)C(=O)N1CCCC1CC(=O)O. The minimum absolute atomic E-state index is 0.0739. The third-order valence-electron chi connectivity index (χ3n) is 6.41. The predicted octanol–water partition coefficient (Wildman–Crippen LogP) is 3.94. The Bertz CT molecular complexity index is 1020. The van der Waals surface area contributed by atoms with Gasteiger partial charge in [0.05, 0.1) is 6.42 Å². The number of nitrogens with zero attached hydrogens (tertiary/aromatic N) is 1. The van der Waals surface area contributed by atoms with Crippen LogP contribution >= 0.6 is 0 Å². The number of aliphatic carboxylic acids is 1. The Morgan fingerprint density at radius 3 is 2.36 bits per heavy atom. The summed E-state index contributed by atoms with van der Waals surface area (Å²) < 4.78 is 5.57. The molecular formula is C26H28N2O5. The molecule has 1 heterocycles. The topological polar surface area (TPSA) is 95.9 Å². The van der Waals surface area contributed by atoms with Crippen molar-refractivity contribution in [1.82, 2.24) is 10.2 Å². The van der Waals surface area contributed by atoms with Crippen LogP contribution in [0.15, 0.2) is 61.2 Å². The zero-order chi connectivity index (χ0) is 23.4. The maximum atomic E-state index is 13.1. The van der Waals surface area contributed by atoms with Gasteiger partial charge in [-0.1, -0.05) is 54.6 Å². The number of carboxylic acids is 1. The molecule has 2 unspecified atom stereocenters. The van der Waals surface area contributed by atoms with Gasteiger partial charge in [-0.25, -0.2) is 4.79 Å². The fourth-order valence-corrected chi connectivity index (χ4v) is 4.91. The van der Waals surface area contributed by atoms with Gasteiger partial charge in [0.2, 0.25) is 5.91 Å². The summed E-state index contributed by atoms with van der Waals surface area (Å²) in [7, 11) is 0. The van der Waals surface area contributed by atoms with Crippen molar-refractivity contribution >= 4 is 18.0 Å². The molecule has 0 saturated carbocycles. The van der Waals surface area contributed by atoms with Crippen LogP contribution in [0.5, 0.6) is 0 Å². The summed E-state index contributed by atoms with van der Waals surface area (Å²) in [6, 6.07) is 15.0. The van der Waals surface area contributed by atoms with Crippen molar-refractivity contribution in [3.05, 3.63) is 72.3 Å². The first-order valence-corrected chi connectivity index (χ1v) is 11.2. The van der Waals surface area contributed by atoms with Gasteiger partial charge in [-0.05, 0) is 41.5 Å². The van der Waals surface area contributed by atoms with Gasteiger partial charge in [-0.3, -0.25) is 9.59 Å². The van der Waals surface area contributed by atoms with Gasteiger partial charge in [0.15, 0.2) is 0 Å². The Labute approximate surface area is 193 Å². The number of amides is 2. The number of carbonyl (C=O) groups is 3. The van der Waals surface area contributed by atoms with Gasteiger partial charge in [0.25, 0.3) is 0 Å². The summed E-state index contributed by atoms with van der Waals surface area (Å²) in [4.78, 5) is 38.4. The van der Waals surface area contributed by atoms with E-state index in [0.717, 1.165) is 28.7 Å². The largest absolute Gasteiger partial charge is 0.481 e. The second-order valence-corrected chi connectivity index (χ2v) is 8.47. The van der Waals surface area contributed by atoms with Crippen LogP contribution in [0.4, 0.5) is 4.79 Å². The Hall–Kier alpha value is -3.61. The Balaban J connectivity index is 1.41. The van der Waals surface area contributed by atoms with Crippen LogP contribution in [0.3, 0.4) is 0 Å². The van der Waals surface area contributed by atoms with Gasteiger partial charge < -0.3 is 20.1 Å². The van der Waals surface area contributed by atoms with Crippen molar-refractivity contribution in [2.75, 3.05) is 13.2 Å². The second kappa shape index (κ2) is 9.90. The van der Waals surface area contributed by atoms with E-state index in [9.17, 15) is 14.4 Å². The molecule has 0 aromatic heterocycles. The lowest BCUT2D eigenvalue weighted by atomic mass is 9.98. The van der Waals surface area contributed by atoms with Crippen molar-refractivity contribution in [2.24, 2.45) is 0 Å². The van der Waals surface area contributed by atoms with E-state index in [-0.39, 0.29) is 37.3 Å². The quantitative estimate of drug-likeness (QED) is 0.597. The number of carbonyl (C=O) groups excluding carboxylic acids is 2. The number of benzene rings is 2. The van der Waals surface area contributed by atoms with Crippen molar-refractivity contribution in [3.63, 3.8) is 0 Å². The zero-order valence-electron chi connectivity index (χ0n) is 18.4. The van der Waals surface area contributed by atoms with E-state index in [1.54, 1.807) is 11.0 Å². The maximum Gasteiger partial charge on any atom is 0.407 e. The molecule has 33 heavy (non-hydrogen) atoms. The fourth-order valence-electron chi connectivity index (χ4n) is 4.91. The molecule has 172 valence electrons. The van der Waals surface area contributed by atoms with E-state index in [1.165, 1.54) is 0 Å². The first-order chi connectivity index (χ1) is 16.0. The molecule has 0 radical (unpaired) electrons. The van der Waals surface area contributed by atoms with E-state index in [4.69, 9.17) is 9.84 Å². The number of fused-ring (bicyclic) bond motifs is 3. The third-order valence-corrected chi connectivity index (χ3v) is 6.41. The van der Waals surface area contributed by atoms with Crippen LogP contribution in [0.2, 0.25) is 0 Å². The Kier molecular flexibility index (Phi) is 6.77. The number of hydrogen-bond donors (Lipinski definition) is 2. The van der Waals surface area contributed by atoms with Gasteiger partial charge >= 0.3 is 12.1 Å². The monoisotopic (exact) mass is 448 g/mol. The third kappa shape index (κ3) is 4.77. The molecule has 4 rings (SSSR count). The van der Waals surface area contributed by atoms with Crippen molar-refractivity contribution in [3.8, 4) is 11.1 Å². The van der Waals surface area contributed by atoms with E-state index in [1.807, 2.05) is 36.4 Å². The summed E-state index contributed by atoms with van der Waals surface area (Å²) in [5, 5.41) is 11.8. The number of likely N-dealkylation sites (tertiary alicyclic amines) is 1. The van der Waals surface area contributed by atoms with Crippen molar-refractivity contribution in [2.45, 2.75) is 43.7 Å². The lowest BCUT2D eigenvalue weighted by molar-refractivity contribution is -0.140. The summed E-state index contributed by atoms with van der Waals surface area (Å²) in [5.74, 6) is -1.31. The van der Waals surface area contributed by atoms with Gasteiger partial charge in [-0.15, -0.1) is 6.58 Å². The number of hydrogen-bond acceptors (Lipinski definition) is 4. The highest BCUT2D eigenvalue weighted by Crippen LogP contribution is 2.44. The number of alkyl carbamates (subject to hydrolysis) is 1. The lowest BCUT2D eigenvalue weighted by Crippen LogP contribution is -2.50. The number of nitrogens with one attached hydrogen (secondary N) is 1. The molecule has 2 N–H and O–H groups in total. The predicted molar refractivity (Wildman–Crippen MR) is 124 cm³/mol. The number of rotatable bonds is 8. The van der Waals surface area contributed by atoms with E-state index in [0.29, 0.717) is 13.0 Å². The Morgan fingerprint density at radius 2 is 1.76 bits per heavy atom. The fraction of sp³-hybridized carbons (Fsp3) is 0.346. The van der Waals surface area contributed by atoms with Gasteiger partial charge in [0, 0.05) is 18.5 Å². The summed E-state index contributed by atoms with van der Waals surface area (Å²) in [5.41, 5.74) is 4.50. The van der Waals surface area contributed by atoms with Crippen LogP contribution in [-0.4, -0.2) is 53.2 Å². The molecule has 7 heteroatoms. The average Bonchev–Trinajstić information content (AvgIpc) is 3.39.